The average molecular weight is 259 g/mol. The van der Waals surface area contributed by atoms with Gasteiger partial charge in [0.25, 0.3) is 0 Å². The summed E-state index contributed by atoms with van der Waals surface area (Å²) < 4.78 is 5.04. The highest BCUT2D eigenvalue weighted by Gasteiger charge is 2.58. The summed E-state index contributed by atoms with van der Waals surface area (Å²) >= 11 is 0. The van der Waals surface area contributed by atoms with Crippen LogP contribution in [0.4, 0.5) is 4.79 Å². The van der Waals surface area contributed by atoms with Crippen LogP contribution >= 0.6 is 0 Å². The zero-order valence-corrected chi connectivity index (χ0v) is 10.6. The molecule has 1 rings (SSSR count). The summed E-state index contributed by atoms with van der Waals surface area (Å²) in [5, 5.41) is 17.9. The minimum atomic E-state index is -1.42. The molecule has 0 aliphatic heterocycles. The van der Waals surface area contributed by atoms with E-state index in [1.54, 1.807) is 20.8 Å². The highest BCUT2D eigenvalue weighted by atomic mass is 16.6. The quantitative estimate of drug-likeness (QED) is 0.778. The summed E-state index contributed by atoms with van der Waals surface area (Å²) in [5.41, 5.74) is -2.22. The first-order chi connectivity index (χ1) is 8.08. The summed E-state index contributed by atoms with van der Waals surface area (Å²) in [4.78, 5) is 34.5. The molecule has 1 amide bonds. The van der Waals surface area contributed by atoms with Gasteiger partial charge >= 0.3 is 18.0 Å². The Balaban J connectivity index is 2.89. The first kappa shape index (κ1) is 14.3. The smallest absolute Gasteiger partial charge is 0.411 e. The molecule has 0 unspecified atom stereocenters. The van der Waals surface area contributed by atoms with Gasteiger partial charge in [-0.15, -0.1) is 0 Å². The lowest BCUT2D eigenvalue weighted by molar-refractivity contribution is -0.147. The van der Waals surface area contributed by atoms with E-state index in [4.69, 9.17) is 14.9 Å². The van der Waals surface area contributed by atoms with Gasteiger partial charge in [0.2, 0.25) is 0 Å². The number of ether oxygens (including phenoxy) is 1. The Hall–Kier alpha value is -1.79. The van der Waals surface area contributed by atoms with E-state index in [0.717, 1.165) is 4.90 Å². The van der Waals surface area contributed by atoms with Gasteiger partial charge in [-0.05, 0) is 33.6 Å². The molecule has 0 atom stereocenters. The third-order valence-electron chi connectivity index (χ3n) is 2.55. The molecule has 0 spiro atoms. The lowest BCUT2D eigenvalue weighted by Crippen LogP contribution is -2.51. The molecule has 1 aliphatic carbocycles. The molecule has 0 bridgehead atoms. The number of hydrogen-bond acceptors (Lipinski definition) is 4. The van der Waals surface area contributed by atoms with E-state index < -0.39 is 35.7 Å². The van der Waals surface area contributed by atoms with Crippen molar-refractivity contribution in [2.24, 2.45) is 0 Å². The monoisotopic (exact) mass is 259 g/mol. The molecular formula is C11H17NO6. The molecule has 0 aromatic heterocycles. The predicted octanol–water partition coefficient (Wildman–Crippen LogP) is 0.925. The molecule has 0 saturated heterocycles. The normalized spacial score (nSPS) is 16.8. The fourth-order valence-electron chi connectivity index (χ4n) is 1.56. The van der Waals surface area contributed by atoms with Gasteiger partial charge in [0.15, 0.2) is 0 Å². The van der Waals surface area contributed by atoms with Gasteiger partial charge in [-0.25, -0.2) is 9.59 Å². The summed E-state index contributed by atoms with van der Waals surface area (Å²) in [6, 6.07) is 0. The van der Waals surface area contributed by atoms with Crippen molar-refractivity contribution in [3.05, 3.63) is 0 Å². The van der Waals surface area contributed by atoms with Crippen molar-refractivity contribution in [3.63, 3.8) is 0 Å². The number of hydrogen-bond donors (Lipinski definition) is 2. The van der Waals surface area contributed by atoms with Crippen molar-refractivity contribution in [1.82, 2.24) is 4.90 Å². The topological polar surface area (TPSA) is 104 Å². The van der Waals surface area contributed by atoms with Crippen LogP contribution in [0.3, 0.4) is 0 Å². The van der Waals surface area contributed by atoms with Crippen LogP contribution in [0.1, 0.15) is 33.6 Å². The van der Waals surface area contributed by atoms with Crippen molar-refractivity contribution in [1.29, 1.82) is 0 Å². The lowest BCUT2D eigenvalue weighted by atomic mass is 10.2. The number of carbonyl (C=O) groups is 3. The second-order valence-electron chi connectivity index (χ2n) is 5.30. The van der Waals surface area contributed by atoms with E-state index in [1.807, 2.05) is 0 Å². The lowest BCUT2D eigenvalue weighted by Gasteiger charge is -2.30. The van der Waals surface area contributed by atoms with Gasteiger partial charge in [-0.2, -0.15) is 0 Å². The summed E-state index contributed by atoms with van der Waals surface area (Å²) in [6.45, 7) is 4.21. The van der Waals surface area contributed by atoms with Gasteiger partial charge < -0.3 is 14.9 Å². The highest BCUT2D eigenvalue weighted by molar-refractivity contribution is 5.89. The Morgan fingerprint density at radius 2 is 1.72 bits per heavy atom. The van der Waals surface area contributed by atoms with Crippen LogP contribution in [0.2, 0.25) is 0 Å². The zero-order chi connectivity index (χ0) is 14.1. The number of carboxylic acid groups (broad SMARTS) is 2. The number of aliphatic carboxylic acids is 2. The zero-order valence-electron chi connectivity index (χ0n) is 10.6. The van der Waals surface area contributed by atoms with Crippen molar-refractivity contribution in [2.75, 3.05) is 6.54 Å². The molecule has 2 N–H and O–H groups in total. The van der Waals surface area contributed by atoms with Crippen molar-refractivity contribution >= 4 is 18.0 Å². The molecule has 1 aliphatic rings. The van der Waals surface area contributed by atoms with Gasteiger partial charge in [0, 0.05) is 0 Å². The minimum Gasteiger partial charge on any atom is -0.480 e. The van der Waals surface area contributed by atoms with Gasteiger partial charge in [-0.1, -0.05) is 0 Å². The molecule has 102 valence electrons. The van der Waals surface area contributed by atoms with E-state index in [2.05, 4.69) is 0 Å². The molecular weight excluding hydrogens is 242 g/mol. The second-order valence-corrected chi connectivity index (χ2v) is 5.30. The molecule has 0 aromatic rings. The Bertz CT molecular complexity index is 379. The number of carbonyl (C=O) groups excluding carboxylic acids is 1. The maximum Gasteiger partial charge on any atom is 0.411 e. The van der Waals surface area contributed by atoms with E-state index in [-0.39, 0.29) is 12.8 Å². The van der Waals surface area contributed by atoms with Gasteiger partial charge in [0.1, 0.15) is 17.7 Å². The van der Waals surface area contributed by atoms with E-state index in [0.29, 0.717) is 0 Å². The highest BCUT2D eigenvalue weighted by Crippen LogP contribution is 2.42. The van der Waals surface area contributed by atoms with Gasteiger partial charge in [-0.3, -0.25) is 9.69 Å². The molecule has 1 saturated carbocycles. The Labute approximate surface area is 104 Å². The van der Waals surface area contributed by atoms with E-state index in [1.165, 1.54) is 0 Å². The number of nitrogens with zero attached hydrogens (tertiary/aromatic N) is 1. The fourth-order valence-corrected chi connectivity index (χ4v) is 1.56. The number of amides is 1. The standard InChI is InChI=1S/C11H17NO6/c1-10(2,3)18-9(17)12(6-7(13)14)11(4-5-11)8(15)16/h4-6H2,1-3H3,(H,13,14)(H,15,16). The van der Waals surface area contributed by atoms with Crippen molar-refractivity contribution in [2.45, 2.75) is 44.8 Å². The van der Waals surface area contributed by atoms with Gasteiger partial charge in [0.05, 0.1) is 0 Å². The van der Waals surface area contributed by atoms with Crippen LogP contribution in [0, 0.1) is 0 Å². The maximum absolute atomic E-state index is 11.9. The first-order valence-electron chi connectivity index (χ1n) is 5.54. The molecule has 18 heavy (non-hydrogen) atoms. The summed E-state index contributed by atoms with van der Waals surface area (Å²) in [5.74, 6) is -2.47. The van der Waals surface area contributed by atoms with Crippen molar-refractivity contribution < 1.29 is 29.3 Å². The van der Waals surface area contributed by atoms with Crippen LogP contribution in [0.5, 0.6) is 0 Å². The fraction of sp³-hybridized carbons (Fsp3) is 0.727. The van der Waals surface area contributed by atoms with Crippen LogP contribution in [-0.4, -0.2) is 50.8 Å². The molecule has 7 heteroatoms. The number of carboxylic acids is 2. The van der Waals surface area contributed by atoms with Crippen molar-refractivity contribution in [3.8, 4) is 0 Å². The molecule has 0 aromatic carbocycles. The Morgan fingerprint density at radius 1 is 1.22 bits per heavy atom. The molecule has 0 heterocycles. The van der Waals surface area contributed by atoms with E-state index >= 15 is 0 Å². The first-order valence-corrected chi connectivity index (χ1v) is 5.54. The third kappa shape index (κ3) is 3.12. The molecule has 7 nitrogen and oxygen atoms in total. The summed E-state index contributed by atoms with van der Waals surface area (Å²) in [7, 11) is 0. The second kappa shape index (κ2) is 4.47. The molecule has 1 fully saturated rings. The minimum absolute atomic E-state index is 0.245. The Kier molecular flexibility index (Phi) is 3.54. The Morgan fingerprint density at radius 3 is 2.00 bits per heavy atom. The van der Waals surface area contributed by atoms with Crippen LogP contribution in [-0.2, 0) is 14.3 Å². The van der Waals surface area contributed by atoms with E-state index in [9.17, 15) is 14.4 Å². The SMILES string of the molecule is CC(C)(C)OC(=O)N(CC(=O)O)C1(C(=O)O)CC1. The molecule has 0 radical (unpaired) electrons. The van der Waals surface area contributed by atoms with Crippen LogP contribution < -0.4 is 0 Å². The number of rotatable bonds is 4. The predicted molar refractivity (Wildman–Crippen MR) is 60.2 cm³/mol. The van der Waals surface area contributed by atoms with Crippen LogP contribution in [0.15, 0.2) is 0 Å². The largest absolute Gasteiger partial charge is 0.480 e. The summed E-state index contributed by atoms with van der Waals surface area (Å²) in [6.07, 6.45) is -0.422. The van der Waals surface area contributed by atoms with Crippen LogP contribution in [0.25, 0.3) is 0 Å². The third-order valence-corrected chi connectivity index (χ3v) is 2.55. The maximum atomic E-state index is 11.9. The average Bonchev–Trinajstić information content (AvgIpc) is 2.91.